The number of nitrogens with zero attached hydrogens (tertiary/aromatic N) is 2. The van der Waals surface area contributed by atoms with Crippen molar-refractivity contribution in [2.45, 2.75) is 25.8 Å². The molecule has 2 rings (SSSR count). The Morgan fingerprint density at radius 1 is 1.00 bits per heavy atom. The second-order valence-electron chi connectivity index (χ2n) is 3.63. The molecule has 4 nitrogen and oxygen atoms in total. The Bertz CT molecular complexity index is 425. The highest BCUT2D eigenvalue weighted by atomic mass is 16.4. The number of benzene rings is 1. The fourth-order valence-corrected chi connectivity index (χ4v) is 1.56. The molecule has 84 valence electrons. The standard InChI is InChI=1S/C12H15N3O/c13-9-12-15-14-11(16-12)8-4-7-10-5-2-1-3-6-10/h1-3,5-6H,4,7-9,13H2. The number of nitrogens with two attached hydrogens (primary N) is 1. The zero-order valence-electron chi connectivity index (χ0n) is 9.10. The van der Waals surface area contributed by atoms with Crippen molar-refractivity contribution in [3.05, 3.63) is 47.7 Å². The summed E-state index contributed by atoms with van der Waals surface area (Å²) in [4.78, 5) is 0. The van der Waals surface area contributed by atoms with E-state index in [9.17, 15) is 0 Å². The third-order valence-corrected chi connectivity index (χ3v) is 2.38. The van der Waals surface area contributed by atoms with Crippen LogP contribution in [0, 0.1) is 0 Å². The maximum absolute atomic E-state index is 5.39. The summed E-state index contributed by atoms with van der Waals surface area (Å²) < 4.78 is 5.32. The third-order valence-electron chi connectivity index (χ3n) is 2.38. The Hall–Kier alpha value is -1.68. The molecule has 0 radical (unpaired) electrons. The molecular weight excluding hydrogens is 202 g/mol. The van der Waals surface area contributed by atoms with Crippen molar-refractivity contribution in [3.63, 3.8) is 0 Å². The van der Waals surface area contributed by atoms with Crippen molar-refractivity contribution >= 4 is 0 Å². The Morgan fingerprint density at radius 2 is 1.75 bits per heavy atom. The lowest BCUT2D eigenvalue weighted by Gasteiger charge is -1.98. The van der Waals surface area contributed by atoms with Gasteiger partial charge in [-0.25, -0.2) is 0 Å². The molecule has 0 atom stereocenters. The van der Waals surface area contributed by atoms with E-state index in [0.29, 0.717) is 18.3 Å². The van der Waals surface area contributed by atoms with E-state index in [0.717, 1.165) is 19.3 Å². The Balaban J connectivity index is 1.80. The number of hydrogen-bond acceptors (Lipinski definition) is 4. The van der Waals surface area contributed by atoms with Crippen molar-refractivity contribution in [3.8, 4) is 0 Å². The molecule has 0 aliphatic rings. The van der Waals surface area contributed by atoms with Crippen LogP contribution < -0.4 is 5.73 Å². The molecule has 1 heterocycles. The van der Waals surface area contributed by atoms with Gasteiger partial charge in [-0.15, -0.1) is 10.2 Å². The molecule has 1 aromatic heterocycles. The minimum Gasteiger partial charge on any atom is -0.424 e. The van der Waals surface area contributed by atoms with Gasteiger partial charge in [0.1, 0.15) is 0 Å². The maximum atomic E-state index is 5.39. The van der Waals surface area contributed by atoms with Gasteiger partial charge in [-0.3, -0.25) is 0 Å². The van der Waals surface area contributed by atoms with Crippen molar-refractivity contribution in [1.82, 2.24) is 10.2 Å². The summed E-state index contributed by atoms with van der Waals surface area (Å²) in [5.74, 6) is 1.19. The largest absolute Gasteiger partial charge is 0.424 e. The fraction of sp³-hybridized carbons (Fsp3) is 0.333. The van der Waals surface area contributed by atoms with Crippen LogP contribution in [-0.2, 0) is 19.4 Å². The van der Waals surface area contributed by atoms with Crippen molar-refractivity contribution < 1.29 is 4.42 Å². The second kappa shape index (κ2) is 5.42. The molecule has 0 fully saturated rings. The fourth-order valence-electron chi connectivity index (χ4n) is 1.56. The van der Waals surface area contributed by atoms with Crippen LogP contribution in [0.3, 0.4) is 0 Å². The molecule has 2 N–H and O–H groups in total. The lowest BCUT2D eigenvalue weighted by molar-refractivity contribution is 0.446. The van der Waals surface area contributed by atoms with Crippen LogP contribution in [-0.4, -0.2) is 10.2 Å². The van der Waals surface area contributed by atoms with Crippen LogP contribution >= 0.6 is 0 Å². The highest BCUT2D eigenvalue weighted by Gasteiger charge is 2.03. The summed E-state index contributed by atoms with van der Waals surface area (Å²) in [6.07, 6.45) is 2.85. The predicted molar refractivity (Wildman–Crippen MR) is 60.7 cm³/mol. The monoisotopic (exact) mass is 217 g/mol. The lowest BCUT2D eigenvalue weighted by Crippen LogP contribution is -1.95. The molecule has 4 heteroatoms. The van der Waals surface area contributed by atoms with Crippen LogP contribution in [0.1, 0.15) is 23.8 Å². The highest BCUT2D eigenvalue weighted by Crippen LogP contribution is 2.07. The van der Waals surface area contributed by atoms with E-state index in [4.69, 9.17) is 10.2 Å². The number of aromatic nitrogens is 2. The summed E-state index contributed by atoms with van der Waals surface area (Å²) in [5.41, 5.74) is 6.72. The highest BCUT2D eigenvalue weighted by molar-refractivity contribution is 5.14. The summed E-state index contributed by atoms with van der Waals surface area (Å²) >= 11 is 0. The SMILES string of the molecule is NCc1nnc(CCCc2ccccc2)o1. The predicted octanol–water partition coefficient (Wildman–Crippen LogP) is 1.70. The second-order valence-corrected chi connectivity index (χ2v) is 3.63. The van der Waals surface area contributed by atoms with Gasteiger partial charge < -0.3 is 10.2 Å². The first-order chi connectivity index (χ1) is 7.88. The molecule has 0 saturated heterocycles. The van der Waals surface area contributed by atoms with Gasteiger partial charge in [0.05, 0.1) is 6.54 Å². The molecule has 16 heavy (non-hydrogen) atoms. The first kappa shape index (κ1) is 10.8. The molecule has 2 aromatic rings. The first-order valence-electron chi connectivity index (χ1n) is 5.44. The van der Waals surface area contributed by atoms with E-state index in [-0.39, 0.29) is 0 Å². The molecule has 0 unspecified atom stereocenters. The zero-order chi connectivity index (χ0) is 11.2. The van der Waals surface area contributed by atoms with Gasteiger partial charge in [0.2, 0.25) is 11.8 Å². The van der Waals surface area contributed by atoms with Gasteiger partial charge in [-0.2, -0.15) is 0 Å². The number of hydrogen-bond donors (Lipinski definition) is 1. The topological polar surface area (TPSA) is 64.9 Å². The van der Waals surface area contributed by atoms with E-state index in [2.05, 4.69) is 34.5 Å². The molecule has 0 aliphatic carbocycles. The summed E-state index contributed by atoms with van der Waals surface area (Å²) in [6.45, 7) is 0.311. The molecule has 1 aromatic carbocycles. The minimum absolute atomic E-state index is 0.311. The van der Waals surface area contributed by atoms with E-state index in [1.54, 1.807) is 0 Å². The molecule has 0 saturated carbocycles. The lowest BCUT2D eigenvalue weighted by atomic mass is 10.1. The van der Waals surface area contributed by atoms with Crippen LogP contribution in [0.25, 0.3) is 0 Å². The Morgan fingerprint density at radius 3 is 2.44 bits per heavy atom. The van der Waals surface area contributed by atoms with Crippen molar-refractivity contribution in [2.75, 3.05) is 0 Å². The molecule has 0 aliphatic heterocycles. The van der Waals surface area contributed by atoms with Crippen molar-refractivity contribution in [1.29, 1.82) is 0 Å². The van der Waals surface area contributed by atoms with Crippen LogP contribution in [0.2, 0.25) is 0 Å². The number of rotatable bonds is 5. The summed E-state index contributed by atoms with van der Waals surface area (Å²) in [6, 6.07) is 10.4. The maximum Gasteiger partial charge on any atom is 0.230 e. The smallest absolute Gasteiger partial charge is 0.230 e. The van der Waals surface area contributed by atoms with Gasteiger partial charge in [-0.1, -0.05) is 30.3 Å². The van der Waals surface area contributed by atoms with Gasteiger partial charge >= 0.3 is 0 Å². The van der Waals surface area contributed by atoms with Gasteiger partial charge in [0.25, 0.3) is 0 Å². The van der Waals surface area contributed by atoms with Gasteiger partial charge in [0.15, 0.2) is 0 Å². The van der Waals surface area contributed by atoms with E-state index in [1.807, 2.05) is 6.07 Å². The first-order valence-corrected chi connectivity index (χ1v) is 5.44. The molecule has 0 spiro atoms. The normalized spacial score (nSPS) is 10.6. The molecule has 0 amide bonds. The number of aryl methyl sites for hydroxylation is 2. The van der Waals surface area contributed by atoms with Crippen LogP contribution in [0.4, 0.5) is 0 Å². The Labute approximate surface area is 94.5 Å². The average Bonchev–Trinajstić information content (AvgIpc) is 2.78. The van der Waals surface area contributed by atoms with E-state index < -0.39 is 0 Å². The molecule has 0 bridgehead atoms. The van der Waals surface area contributed by atoms with Gasteiger partial charge in [0, 0.05) is 6.42 Å². The molecular formula is C12H15N3O. The summed E-state index contributed by atoms with van der Waals surface area (Å²) in [5, 5.41) is 7.74. The quantitative estimate of drug-likeness (QED) is 0.828. The zero-order valence-corrected chi connectivity index (χ0v) is 9.10. The average molecular weight is 217 g/mol. The Kier molecular flexibility index (Phi) is 3.66. The van der Waals surface area contributed by atoms with Crippen molar-refractivity contribution in [2.24, 2.45) is 5.73 Å². The minimum atomic E-state index is 0.311. The third kappa shape index (κ3) is 2.90. The van der Waals surface area contributed by atoms with Crippen LogP contribution in [0.5, 0.6) is 0 Å². The summed E-state index contributed by atoms with van der Waals surface area (Å²) in [7, 11) is 0. The van der Waals surface area contributed by atoms with Gasteiger partial charge in [-0.05, 0) is 18.4 Å². The van der Waals surface area contributed by atoms with E-state index >= 15 is 0 Å². The van der Waals surface area contributed by atoms with E-state index in [1.165, 1.54) is 5.56 Å². The van der Waals surface area contributed by atoms with Crippen LogP contribution in [0.15, 0.2) is 34.7 Å².